The van der Waals surface area contributed by atoms with Crippen molar-refractivity contribution in [3.05, 3.63) is 24.5 Å². The van der Waals surface area contributed by atoms with Crippen molar-refractivity contribution in [3.8, 4) is 0 Å². The average molecular weight is 190 g/mol. The Hall–Kier alpha value is -0.655. The lowest BCUT2D eigenvalue weighted by Crippen LogP contribution is -2.30. The molecule has 0 aromatic rings. The van der Waals surface area contributed by atoms with Gasteiger partial charge in [-0.05, 0) is 24.3 Å². The van der Waals surface area contributed by atoms with E-state index in [2.05, 4.69) is 18.7 Å². The second-order valence-electron chi connectivity index (χ2n) is 4.76. The van der Waals surface area contributed by atoms with Crippen LogP contribution in [0.3, 0.4) is 0 Å². The maximum Gasteiger partial charge on any atom is 0.144 e. The minimum Gasteiger partial charge on any atom is -0.501 e. The van der Waals surface area contributed by atoms with Gasteiger partial charge in [-0.2, -0.15) is 0 Å². The highest BCUT2D eigenvalue weighted by molar-refractivity contribution is 6.59. The van der Waals surface area contributed by atoms with Crippen molar-refractivity contribution in [2.75, 3.05) is 7.11 Å². The molecule has 0 spiro atoms. The molecule has 2 heteroatoms. The number of methoxy groups -OCH3 is 1. The van der Waals surface area contributed by atoms with Crippen LogP contribution in [0.5, 0.6) is 0 Å². The third-order valence-corrected chi connectivity index (χ3v) is 3.61. The Morgan fingerprint density at radius 1 is 1.64 bits per heavy atom. The lowest BCUT2D eigenvalue weighted by molar-refractivity contribution is 0.233. The Morgan fingerprint density at radius 2 is 2.50 bits per heavy atom. The van der Waals surface area contributed by atoms with Crippen LogP contribution in [0.15, 0.2) is 24.5 Å². The molecule has 14 heavy (non-hydrogen) atoms. The van der Waals surface area contributed by atoms with Gasteiger partial charge >= 0.3 is 0 Å². The molecule has 0 amide bonds. The van der Waals surface area contributed by atoms with Crippen molar-refractivity contribution in [2.45, 2.75) is 31.8 Å². The van der Waals surface area contributed by atoms with E-state index in [1.54, 1.807) is 7.11 Å². The molecule has 2 atom stereocenters. The first-order valence-electron chi connectivity index (χ1n) is 5.67. The van der Waals surface area contributed by atoms with Gasteiger partial charge in [0.2, 0.25) is 0 Å². The fraction of sp³-hybridized carbons (Fsp3) is 0.667. The zero-order valence-electron chi connectivity index (χ0n) is 9.04. The highest BCUT2D eigenvalue weighted by Gasteiger charge is 2.33. The van der Waals surface area contributed by atoms with Gasteiger partial charge in [0, 0.05) is 6.42 Å². The Morgan fingerprint density at radius 3 is 3.14 bits per heavy atom. The highest BCUT2D eigenvalue weighted by atomic mass is 16.5. The maximum atomic E-state index is 5.36. The van der Waals surface area contributed by atoms with Crippen LogP contribution in [-0.4, -0.2) is 13.8 Å². The van der Waals surface area contributed by atoms with E-state index in [-0.39, 0.29) is 0 Å². The number of rotatable bonds is 3. The molecule has 76 valence electrons. The predicted octanol–water partition coefficient (Wildman–Crippen LogP) is 3.24. The summed E-state index contributed by atoms with van der Waals surface area (Å²) in [5, 5.41) is 0. The van der Waals surface area contributed by atoms with Gasteiger partial charge < -0.3 is 4.74 Å². The molecule has 1 saturated heterocycles. The minimum absolute atomic E-state index is 0.780. The largest absolute Gasteiger partial charge is 0.501 e. The molecule has 1 aliphatic carbocycles. The molecule has 2 unspecified atom stereocenters. The third kappa shape index (κ3) is 2.05. The molecular formula is C12H19BO. The number of fused-ring (bicyclic) bond motifs is 2. The normalized spacial score (nSPS) is 30.9. The molecular weight excluding hydrogens is 171 g/mol. The molecule has 1 heterocycles. The zero-order chi connectivity index (χ0) is 9.97. The zero-order valence-corrected chi connectivity index (χ0v) is 9.04. The van der Waals surface area contributed by atoms with E-state index in [4.69, 9.17) is 4.74 Å². The lowest BCUT2D eigenvalue weighted by Gasteiger charge is -2.36. The summed E-state index contributed by atoms with van der Waals surface area (Å²) in [7, 11) is 1.80. The summed E-state index contributed by atoms with van der Waals surface area (Å²) in [5.74, 6) is 2.88. The van der Waals surface area contributed by atoms with Gasteiger partial charge in [0.05, 0.1) is 12.9 Å². The molecule has 2 aliphatic rings. The van der Waals surface area contributed by atoms with Gasteiger partial charge in [0.15, 0.2) is 0 Å². The molecule has 2 bridgehead atoms. The van der Waals surface area contributed by atoms with Crippen LogP contribution in [0.25, 0.3) is 0 Å². The van der Waals surface area contributed by atoms with E-state index >= 15 is 0 Å². The fourth-order valence-corrected chi connectivity index (χ4v) is 3.11. The van der Waals surface area contributed by atoms with Crippen molar-refractivity contribution in [2.24, 2.45) is 11.8 Å². The van der Waals surface area contributed by atoms with Crippen molar-refractivity contribution < 1.29 is 4.74 Å². The molecule has 1 nitrogen and oxygen atoms in total. The van der Waals surface area contributed by atoms with Crippen molar-refractivity contribution in [3.63, 3.8) is 0 Å². The van der Waals surface area contributed by atoms with E-state index in [9.17, 15) is 0 Å². The Kier molecular flexibility index (Phi) is 3.00. The summed E-state index contributed by atoms with van der Waals surface area (Å²) in [6.45, 7) is 4.72. The van der Waals surface area contributed by atoms with Gasteiger partial charge in [-0.15, -0.1) is 6.58 Å². The van der Waals surface area contributed by atoms with E-state index < -0.39 is 0 Å². The van der Waals surface area contributed by atoms with E-state index in [1.807, 2.05) is 0 Å². The number of hydrogen-bond acceptors (Lipinski definition) is 1. The summed E-state index contributed by atoms with van der Waals surface area (Å²) >= 11 is 0. The Labute approximate surface area is 87.3 Å². The Balaban J connectivity index is 2.01. The van der Waals surface area contributed by atoms with Crippen molar-refractivity contribution in [1.29, 1.82) is 0 Å². The van der Waals surface area contributed by atoms with Gasteiger partial charge in [0.25, 0.3) is 0 Å². The van der Waals surface area contributed by atoms with Crippen LogP contribution in [0.2, 0.25) is 19.0 Å². The van der Waals surface area contributed by atoms with Gasteiger partial charge in [-0.1, -0.05) is 25.0 Å². The smallest absolute Gasteiger partial charge is 0.144 e. The second kappa shape index (κ2) is 4.25. The topological polar surface area (TPSA) is 9.23 Å². The average Bonchev–Trinajstić information content (AvgIpc) is 2.16. The first-order valence-corrected chi connectivity index (χ1v) is 5.67. The standard InChI is InChI=1S/C12H19BO/c1-3-4-13-8-10-5-11(9-13)7-12(6-10)14-2/h3,6,10-11H,1,4-5,7-9H2,2H3. The predicted molar refractivity (Wildman–Crippen MR) is 61.7 cm³/mol. The van der Waals surface area contributed by atoms with Gasteiger partial charge in [-0.3, -0.25) is 0 Å². The van der Waals surface area contributed by atoms with E-state index in [0.29, 0.717) is 0 Å². The van der Waals surface area contributed by atoms with E-state index in [1.165, 1.54) is 37.6 Å². The van der Waals surface area contributed by atoms with Crippen molar-refractivity contribution in [1.82, 2.24) is 0 Å². The summed E-state index contributed by atoms with van der Waals surface area (Å²) in [4.78, 5) is 0. The fourth-order valence-electron chi connectivity index (χ4n) is 3.11. The quantitative estimate of drug-likeness (QED) is 0.490. The molecule has 1 aliphatic heterocycles. The molecule has 0 aromatic heterocycles. The molecule has 0 N–H and O–H groups in total. The molecule has 0 saturated carbocycles. The molecule has 2 rings (SSSR count). The minimum atomic E-state index is 0.780. The Bertz CT molecular complexity index is 247. The summed E-state index contributed by atoms with van der Waals surface area (Å²) in [6.07, 6.45) is 10.9. The molecule has 0 radical (unpaired) electrons. The molecule has 0 aromatic carbocycles. The lowest BCUT2D eigenvalue weighted by atomic mass is 9.35. The first kappa shape index (κ1) is 9.88. The van der Waals surface area contributed by atoms with Gasteiger partial charge in [0.1, 0.15) is 6.71 Å². The van der Waals surface area contributed by atoms with E-state index in [0.717, 1.165) is 18.5 Å². The number of ether oxygens (including phenoxy) is 1. The monoisotopic (exact) mass is 190 g/mol. The number of hydrogen-bond donors (Lipinski definition) is 0. The van der Waals surface area contributed by atoms with Crippen LogP contribution >= 0.6 is 0 Å². The maximum absolute atomic E-state index is 5.36. The van der Waals surface area contributed by atoms with Crippen LogP contribution in [-0.2, 0) is 4.74 Å². The summed E-state index contributed by atoms with van der Waals surface area (Å²) in [6, 6.07) is 0. The highest BCUT2D eigenvalue weighted by Crippen LogP contribution is 2.40. The van der Waals surface area contributed by atoms with Crippen LogP contribution < -0.4 is 0 Å². The second-order valence-corrected chi connectivity index (χ2v) is 4.76. The summed E-state index contributed by atoms with van der Waals surface area (Å²) in [5.41, 5.74) is 0. The van der Waals surface area contributed by atoms with Gasteiger partial charge in [-0.25, -0.2) is 0 Å². The number of allylic oxidation sites excluding steroid dienone is 3. The summed E-state index contributed by atoms with van der Waals surface area (Å²) < 4.78 is 5.36. The SMILES string of the molecule is C=CCB1CC2C=C(OC)CC(C1)C2. The first-order chi connectivity index (χ1) is 6.81. The third-order valence-electron chi connectivity index (χ3n) is 3.61. The van der Waals surface area contributed by atoms with Crippen molar-refractivity contribution >= 4 is 6.71 Å². The van der Waals surface area contributed by atoms with Crippen LogP contribution in [0.4, 0.5) is 0 Å². The molecule has 1 fully saturated rings. The van der Waals surface area contributed by atoms with Crippen LogP contribution in [0.1, 0.15) is 12.8 Å². The van der Waals surface area contributed by atoms with Crippen LogP contribution in [0, 0.1) is 11.8 Å².